The summed E-state index contributed by atoms with van der Waals surface area (Å²) in [7, 11) is 1.56. The van der Waals surface area contributed by atoms with Gasteiger partial charge in [0.05, 0.1) is 29.9 Å². The van der Waals surface area contributed by atoms with E-state index in [4.69, 9.17) is 4.74 Å². The molecule has 0 spiro atoms. The van der Waals surface area contributed by atoms with Gasteiger partial charge in [0.25, 0.3) is 0 Å². The van der Waals surface area contributed by atoms with Gasteiger partial charge in [-0.1, -0.05) is 60.7 Å². The average molecular weight is 512 g/mol. The van der Waals surface area contributed by atoms with Crippen LogP contribution in [0.3, 0.4) is 0 Å². The number of hydrogen-bond donors (Lipinski definition) is 1. The average Bonchev–Trinajstić information content (AvgIpc) is 3.15. The lowest BCUT2D eigenvalue weighted by Crippen LogP contribution is -2.34. The van der Waals surface area contributed by atoms with Crippen LogP contribution < -0.4 is 14.5 Å². The summed E-state index contributed by atoms with van der Waals surface area (Å²) in [6.07, 6.45) is 1.40. The van der Waals surface area contributed by atoms with Gasteiger partial charge in [0.2, 0.25) is 5.91 Å². The van der Waals surface area contributed by atoms with Crippen molar-refractivity contribution in [2.45, 2.75) is 12.5 Å². The Bertz CT molecular complexity index is 1420. The maximum atomic E-state index is 13.9. The van der Waals surface area contributed by atoms with Gasteiger partial charge in [-0.25, -0.2) is 14.2 Å². The maximum Gasteiger partial charge on any atom is 0.338 e. The van der Waals surface area contributed by atoms with Gasteiger partial charge >= 0.3 is 5.97 Å². The highest BCUT2D eigenvalue weighted by molar-refractivity contribution is 6.05. The largest absolute Gasteiger partial charge is 0.491 e. The summed E-state index contributed by atoms with van der Waals surface area (Å²) in [5.41, 5.74) is 2.36. The molecule has 192 valence electrons. The Balaban J connectivity index is 1.49. The quantitative estimate of drug-likeness (QED) is 0.387. The van der Waals surface area contributed by atoms with Crippen molar-refractivity contribution in [2.24, 2.45) is 0 Å². The van der Waals surface area contributed by atoms with Crippen LogP contribution in [0.2, 0.25) is 0 Å². The second-order valence-corrected chi connectivity index (χ2v) is 9.04. The van der Waals surface area contributed by atoms with Crippen LogP contribution in [0.25, 0.3) is 0 Å². The first-order valence-corrected chi connectivity index (χ1v) is 12.2. The minimum Gasteiger partial charge on any atom is -0.491 e. The normalized spacial score (nSPS) is 12.9. The standard InChI is InChI=1S/C30H26FN3O4/c1-33(29(35)28(20-8-4-2-5-9-20)21-10-6-3-7-11-21)25-18-32-27(17-24(25)30(36)37)34-14-15-38-26-13-12-23(31)16-22(26)19-34/h2-13,16-18,28H,14-15,19H2,1H3,(H,36,37). The zero-order valence-corrected chi connectivity index (χ0v) is 20.8. The zero-order chi connectivity index (χ0) is 26.6. The highest BCUT2D eigenvalue weighted by atomic mass is 19.1. The molecular formula is C30H26FN3O4. The molecule has 4 aromatic rings. The van der Waals surface area contributed by atoms with Crippen molar-refractivity contribution in [3.8, 4) is 5.75 Å². The van der Waals surface area contributed by atoms with Crippen molar-refractivity contribution >= 4 is 23.4 Å². The summed E-state index contributed by atoms with van der Waals surface area (Å²) in [6.45, 7) is 1.07. The molecule has 0 atom stereocenters. The summed E-state index contributed by atoms with van der Waals surface area (Å²) in [4.78, 5) is 33.9. The van der Waals surface area contributed by atoms with Gasteiger partial charge in [-0.2, -0.15) is 0 Å². The minimum atomic E-state index is -1.18. The third kappa shape index (κ3) is 5.06. The van der Waals surface area contributed by atoms with Gasteiger partial charge in [-0.15, -0.1) is 0 Å². The second kappa shape index (κ2) is 10.7. The fourth-order valence-corrected chi connectivity index (χ4v) is 4.69. The molecule has 3 aromatic carbocycles. The summed E-state index contributed by atoms with van der Waals surface area (Å²) < 4.78 is 19.6. The maximum absolute atomic E-state index is 13.9. The van der Waals surface area contributed by atoms with Gasteiger partial charge < -0.3 is 19.6 Å². The van der Waals surface area contributed by atoms with E-state index in [0.29, 0.717) is 36.8 Å². The number of hydrogen-bond acceptors (Lipinski definition) is 5. The fourth-order valence-electron chi connectivity index (χ4n) is 4.69. The number of amides is 1. The molecule has 38 heavy (non-hydrogen) atoms. The van der Waals surface area contributed by atoms with E-state index in [1.807, 2.05) is 65.6 Å². The van der Waals surface area contributed by atoms with Gasteiger partial charge in [0.1, 0.15) is 24.0 Å². The first-order chi connectivity index (χ1) is 18.4. The van der Waals surface area contributed by atoms with Crippen LogP contribution in [0.1, 0.15) is 33.0 Å². The molecule has 0 aliphatic carbocycles. The molecule has 0 unspecified atom stereocenters. The number of carbonyl (C=O) groups is 2. The number of aromatic nitrogens is 1. The second-order valence-electron chi connectivity index (χ2n) is 9.04. The molecular weight excluding hydrogens is 485 g/mol. The Kier molecular flexibility index (Phi) is 7.04. The molecule has 2 heterocycles. The monoisotopic (exact) mass is 511 g/mol. The van der Waals surface area contributed by atoms with Crippen LogP contribution in [0.15, 0.2) is 91.1 Å². The Labute approximate surface area is 219 Å². The van der Waals surface area contributed by atoms with Crippen molar-refractivity contribution in [3.63, 3.8) is 0 Å². The first kappa shape index (κ1) is 25.0. The molecule has 1 N–H and O–H groups in total. The van der Waals surface area contributed by atoms with Crippen LogP contribution in [0.4, 0.5) is 15.9 Å². The molecule has 0 saturated heterocycles. The number of rotatable bonds is 6. The molecule has 1 aliphatic heterocycles. The van der Waals surface area contributed by atoms with E-state index in [1.54, 1.807) is 13.1 Å². The van der Waals surface area contributed by atoms with Gasteiger partial charge in [0, 0.05) is 19.2 Å². The number of benzene rings is 3. The molecule has 0 fully saturated rings. The van der Waals surface area contributed by atoms with Crippen molar-refractivity contribution in [2.75, 3.05) is 30.0 Å². The number of pyridine rings is 1. The smallest absolute Gasteiger partial charge is 0.338 e. The third-order valence-corrected chi connectivity index (χ3v) is 6.63. The van der Waals surface area contributed by atoms with E-state index in [9.17, 15) is 19.1 Å². The number of ether oxygens (including phenoxy) is 1. The molecule has 7 nitrogen and oxygen atoms in total. The molecule has 0 radical (unpaired) electrons. The topological polar surface area (TPSA) is 83.0 Å². The summed E-state index contributed by atoms with van der Waals surface area (Å²) in [5.74, 6) is -1.49. The molecule has 0 bridgehead atoms. The van der Waals surface area contributed by atoms with Gasteiger partial charge in [-0.3, -0.25) is 4.79 Å². The number of halogens is 1. The molecule has 1 amide bonds. The van der Waals surface area contributed by atoms with E-state index in [2.05, 4.69) is 4.98 Å². The molecule has 0 saturated carbocycles. The van der Waals surface area contributed by atoms with Gasteiger partial charge in [-0.05, 0) is 35.4 Å². The Morgan fingerprint density at radius 1 is 1.00 bits per heavy atom. The van der Waals surface area contributed by atoms with Crippen molar-refractivity contribution in [1.29, 1.82) is 0 Å². The zero-order valence-electron chi connectivity index (χ0n) is 20.8. The number of carboxylic acids is 1. The van der Waals surface area contributed by atoms with E-state index in [-0.39, 0.29) is 23.0 Å². The predicted octanol–water partition coefficient (Wildman–Crippen LogP) is 5.11. The van der Waals surface area contributed by atoms with Crippen molar-refractivity contribution in [3.05, 3.63) is 119 Å². The number of aromatic carboxylic acids is 1. The number of fused-ring (bicyclic) bond motifs is 1. The van der Waals surface area contributed by atoms with E-state index in [1.165, 1.54) is 29.3 Å². The lowest BCUT2D eigenvalue weighted by atomic mass is 9.90. The van der Waals surface area contributed by atoms with Gasteiger partial charge in [0.15, 0.2) is 0 Å². The van der Waals surface area contributed by atoms with Crippen molar-refractivity contribution in [1.82, 2.24) is 4.98 Å². The number of carboxylic acid groups (broad SMARTS) is 1. The van der Waals surface area contributed by atoms with Crippen LogP contribution >= 0.6 is 0 Å². The lowest BCUT2D eigenvalue weighted by molar-refractivity contribution is -0.118. The number of nitrogens with zero attached hydrogens (tertiary/aromatic N) is 3. The minimum absolute atomic E-state index is 0.0599. The predicted molar refractivity (Wildman–Crippen MR) is 142 cm³/mol. The van der Waals surface area contributed by atoms with Crippen LogP contribution in [-0.2, 0) is 11.3 Å². The van der Waals surface area contributed by atoms with Crippen LogP contribution in [-0.4, -0.2) is 42.2 Å². The summed E-state index contributed by atoms with van der Waals surface area (Å²) in [5, 5.41) is 10.1. The molecule has 5 rings (SSSR count). The SMILES string of the molecule is CN(C(=O)C(c1ccccc1)c1ccccc1)c1cnc(N2CCOc3ccc(F)cc3C2)cc1C(=O)O. The van der Waals surface area contributed by atoms with E-state index >= 15 is 0 Å². The molecule has 1 aromatic heterocycles. The number of carbonyl (C=O) groups excluding carboxylic acids is 1. The summed E-state index contributed by atoms with van der Waals surface area (Å²) >= 11 is 0. The van der Waals surface area contributed by atoms with E-state index in [0.717, 1.165) is 11.1 Å². The highest BCUT2D eigenvalue weighted by Gasteiger charge is 2.29. The highest BCUT2D eigenvalue weighted by Crippen LogP contribution is 2.32. The first-order valence-electron chi connectivity index (χ1n) is 12.2. The number of anilines is 2. The third-order valence-electron chi connectivity index (χ3n) is 6.63. The Morgan fingerprint density at radius 2 is 1.66 bits per heavy atom. The summed E-state index contributed by atoms with van der Waals surface area (Å²) in [6, 6.07) is 24.5. The number of likely N-dealkylation sites (N-methyl/N-ethyl adjacent to an activating group) is 1. The Morgan fingerprint density at radius 3 is 2.29 bits per heavy atom. The Hall–Kier alpha value is -4.72. The fraction of sp³-hybridized carbons (Fsp3) is 0.167. The van der Waals surface area contributed by atoms with E-state index < -0.39 is 11.9 Å². The van der Waals surface area contributed by atoms with Crippen LogP contribution in [0, 0.1) is 5.82 Å². The lowest BCUT2D eigenvalue weighted by Gasteiger charge is -2.27. The molecule has 1 aliphatic rings. The van der Waals surface area contributed by atoms with Crippen molar-refractivity contribution < 1.29 is 23.8 Å². The van der Waals surface area contributed by atoms with Crippen LogP contribution in [0.5, 0.6) is 5.75 Å². The molecule has 8 heteroatoms.